The fourth-order valence-electron chi connectivity index (χ4n) is 5.35. The van der Waals surface area contributed by atoms with Crippen LogP contribution in [0.25, 0.3) is 0 Å². The quantitative estimate of drug-likeness (QED) is 0.434. The molecule has 2 rings (SSSR count). The molecule has 0 saturated heterocycles. The first kappa shape index (κ1) is 22.0. The molecule has 1 aliphatic carbocycles. The Morgan fingerprint density at radius 3 is 2.15 bits per heavy atom. The molecule has 152 valence electrons. The lowest BCUT2D eigenvalue weighted by atomic mass is 9.62. The van der Waals surface area contributed by atoms with E-state index in [4.69, 9.17) is 4.74 Å². The highest BCUT2D eigenvalue weighted by atomic mass is 16.6. The van der Waals surface area contributed by atoms with Gasteiger partial charge < -0.3 is 4.74 Å². The third kappa shape index (κ3) is 5.15. The number of carbonyl (C=O) groups excluding carboxylic acids is 1. The summed E-state index contributed by atoms with van der Waals surface area (Å²) in [4.78, 5) is 12.6. The monoisotopic (exact) mass is 372 g/mol. The molecule has 0 atom stereocenters. The van der Waals surface area contributed by atoms with Gasteiger partial charge in [-0.2, -0.15) is 0 Å². The topological polar surface area (TPSA) is 26.3 Å². The number of hydrogen-bond acceptors (Lipinski definition) is 2. The zero-order chi connectivity index (χ0) is 19.9. The number of benzene rings is 1. The van der Waals surface area contributed by atoms with Crippen LogP contribution in [0, 0.1) is 11.8 Å². The lowest BCUT2D eigenvalue weighted by Gasteiger charge is -2.42. The van der Waals surface area contributed by atoms with Crippen LogP contribution in [0.5, 0.6) is 0 Å². The third-order valence-electron chi connectivity index (χ3n) is 7.08. The zero-order valence-corrected chi connectivity index (χ0v) is 18.2. The van der Waals surface area contributed by atoms with Gasteiger partial charge in [0.2, 0.25) is 0 Å². The fraction of sp³-hybridized carbons (Fsp3) is 0.720. The van der Waals surface area contributed by atoms with Crippen molar-refractivity contribution in [3.8, 4) is 0 Å². The van der Waals surface area contributed by atoms with Gasteiger partial charge in [-0.3, -0.25) is 4.79 Å². The van der Waals surface area contributed by atoms with Crippen molar-refractivity contribution in [2.75, 3.05) is 0 Å². The molecule has 0 aliphatic heterocycles. The number of rotatable bonds is 9. The minimum absolute atomic E-state index is 0.00761. The minimum atomic E-state index is -0.179. The van der Waals surface area contributed by atoms with Gasteiger partial charge >= 0.3 is 5.97 Å². The van der Waals surface area contributed by atoms with Gasteiger partial charge in [-0.1, -0.05) is 71.4 Å². The van der Waals surface area contributed by atoms with Crippen LogP contribution in [0.4, 0.5) is 0 Å². The van der Waals surface area contributed by atoms with Crippen LogP contribution >= 0.6 is 0 Å². The average Bonchev–Trinajstić information content (AvgIpc) is 2.66. The number of esters is 1. The van der Waals surface area contributed by atoms with Crippen molar-refractivity contribution in [2.45, 2.75) is 103 Å². The molecule has 0 unspecified atom stereocenters. The molecule has 0 amide bonds. The summed E-state index contributed by atoms with van der Waals surface area (Å²) in [6.45, 7) is 11.4. The van der Waals surface area contributed by atoms with E-state index in [1.807, 2.05) is 0 Å². The molecule has 1 saturated carbocycles. The van der Waals surface area contributed by atoms with Crippen molar-refractivity contribution in [1.29, 1.82) is 0 Å². The molecule has 0 spiro atoms. The summed E-state index contributed by atoms with van der Waals surface area (Å²) in [6, 6.07) is 10.9. The fourth-order valence-corrected chi connectivity index (χ4v) is 5.35. The molecule has 0 N–H and O–H groups in total. The Labute approximate surface area is 167 Å². The van der Waals surface area contributed by atoms with E-state index in [0.717, 1.165) is 32.1 Å². The number of carbonyl (C=O) groups is 1. The minimum Gasteiger partial charge on any atom is -0.459 e. The largest absolute Gasteiger partial charge is 0.459 e. The van der Waals surface area contributed by atoms with Crippen LogP contribution in [-0.2, 0) is 14.9 Å². The molecule has 0 heterocycles. The molecule has 2 heteroatoms. The van der Waals surface area contributed by atoms with Gasteiger partial charge in [0.05, 0.1) is 0 Å². The van der Waals surface area contributed by atoms with Crippen LogP contribution in [-0.4, -0.2) is 11.6 Å². The highest BCUT2D eigenvalue weighted by molar-refractivity contribution is 5.69. The van der Waals surface area contributed by atoms with Crippen LogP contribution in [0.2, 0.25) is 0 Å². The lowest BCUT2D eigenvalue weighted by Crippen LogP contribution is -2.39. The molecular weight excluding hydrogens is 332 g/mol. The molecule has 1 aliphatic rings. The van der Waals surface area contributed by atoms with E-state index >= 15 is 0 Å². The van der Waals surface area contributed by atoms with E-state index in [0.29, 0.717) is 18.3 Å². The number of ether oxygens (including phenoxy) is 1. The SMILES string of the molecule is CCC1(OC(=O)CCCC(c2ccccc2)(C(C)C)C(C)C)CCCCC1. The highest BCUT2D eigenvalue weighted by Gasteiger charge is 2.39. The van der Waals surface area contributed by atoms with Crippen molar-refractivity contribution in [2.24, 2.45) is 11.8 Å². The first-order chi connectivity index (χ1) is 12.9. The second-order valence-electron chi connectivity index (χ2n) is 9.14. The average molecular weight is 373 g/mol. The van der Waals surface area contributed by atoms with Gasteiger partial charge in [0.15, 0.2) is 0 Å². The molecule has 1 fully saturated rings. The van der Waals surface area contributed by atoms with Crippen molar-refractivity contribution >= 4 is 5.97 Å². The van der Waals surface area contributed by atoms with E-state index in [1.165, 1.54) is 24.8 Å². The predicted octanol–water partition coefficient (Wildman–Crippen LogP) is 7.06. The van der Waals surface area contributed by atoms with Crippen LogP contribution < -0.4 is 0 Å². The second-order valence-corrected chi connectivity index (χ2v) is 9.14. The Bertz CT molecular complexity index is 559. The maximum absolute atomic E-state index is 12.6. The third-order valence-corrected chi connectivity index (χ3v) is 7.08. The van der Waals surface area contributed by atoms with Gasteiger partial charge in [0.25, 0.3) is 0 Å². The van der Waals surface area contributed by atoms with Gasteiger partial charge in [0, 0.05) is 6.42 Å². The predicted molar refractivity (Wildman–Crippen MR) is 114 cm³/mol. The first-order valence-corrected chi connectivity index (χ1v) is 11.1. The van der Waals surface area contributed by atoms with Crippen LogP contribution in [0.1, 0.15) is 98.0 Å². The summed E-state index contributed by atoms with van der Waals surface area (Å²) < 4.78 is 6.03. The Balaban J connectivity index is 2.02. The summed E-state index contributed by atoms with van der Waals surface area (Å²) in [5.41, 5.74) is 1.33. The number of hydrogen-bond donors (Lipinski definition) is 0. The Morgan fingerprint density at radius 1 is 1.04 bits per heavy atom. The molecule has 2 nitrogen and oxygen atoms in total. The first-order valence-electron chi connectivity index (χ1n) is 11.1. The molecule has 0 aromatic heterocycles. The molecule has 1 aromatic rings. The van der Waals surface area contributed by atoms with Crippen LogP contribution in [0.15, 0.2) is 30.3 Å². The normalized spacial score (nSPS) is 17.3. The van der Waals surface area contributed by atoms with E-state index in [-0.39, 0.29) is 17.0 Å². The zero-order valence-electron chi connectivity index (χ0n) is 18.2. The Hall–Kier alpha value is -1.31. The Morgan fingerprint density at radius 2 is 1.63 bits per heavy atom. The van der Waals surface area contributed by atoms with E-state index in [1.54, 1.807) is 0 Å². The summed E-state index contributed by atoms with van der Waals surface area (Å²) in [5.74, 6) is 1.06. The van der Waals surface area contributed by atoms with E-state index in [2.05, 4.69) is 65.0 Å². The van der Waals surface area contributed by atoms with Gasteiger partial charge in [-0.05, 0) is 67.8 Å². The smallest absolute Gasteiger partial charge is 0.306 e. The summed E-state index contributed by atoms with van der Waals surface area (Å²) >= 11 is 0. The van der Waals surface area contributed by atoms with Crippen molar-refractivity contribution in [3.63, 3.8) is 0 Å². The van der Waals surface area contributed by atoms with Gasteiger partial charge in [-0.15, -0.1) is 0 Å². The molecule has 27 heavy (non-hydrogen) atoms. The summed E-state index contributed by atoms with van der Waals surface area (Å²) in [5, 5.41) is 0. The molecule has 1 aromatic carbocycles. The van der Waals surface area contributed by atoms with E-state index in [9.17, 15) is 4.79 Å². The van der Waals surface area contributed by atoms with E-state index < -0.39 is 0 Å². The summed E-state index contributed by atoms with van der Waals surface area (Å²) in [6.07, 6.45) is 9.16. The standard InChI is InChI=1S/C25H40O2/c1-6-24(17-11-8-12-18-24)27-23(26)16-13-19-25(20(2)3,21(4)5)22-14-9-7-10-15-22/h7,9-10,14-15,20-21H,6,8,11-13,16-19H2,1-5H3. The highest BCUT2D eigenvalue weighted by Crippen LogP contribution is 2.44. The van der Waals surface area contributed by atoms with Gasteiger partial charge in [-0.25, -0.2) is 0 Å². The molecule has 0 radical (unpaired) electrons. The van der Waals surface area contributed by atoms with Crippen molar-refractivity contribution < 1.29 is 9.53 Å². The van der Waals surface area contributed by atoms with Crippen LogP contribution in [0.3, 0.4) is 0 Å². The van der Waals surface area contributed by atoms with Crippen molar-refractivity contribution in [3.05, 3.63) is 35.9 Å². The summed E-state index contributed by atoms with van der Waals surface area (Å²) in [7, 11) is 0. The molecular formula is C25H40O2. The Kier molecular flexibility index (Phi) is 7.94. The van der Waals surface area contributed by atoms with Crippen molar-refractivity contribution in [1.82, 2.24) is 0 Å². The lowest BCUT2D eigenvalue weighted by molar-refractivity contribution is -0.164. The maximum atomic E-state index is 12.6. The maximum Gasteiger partial charge on any atom is 0.306 e. The van der Waals surface area contributed by atoms with Gasteiger partial charge in [0.1, 0.15) is 5.60 Å². The molecule has 0 bridgehead atoms. The second kappa shape index (κ2) is 9.75.